The van der Waals surface area contributed by atoms with Gasteiger partial charge in [-0.25, -0.2) is 0 Å². The Bertz CT molecular complexity index is 164. The molecule has 1 N–H and O–H groups in total. The van der Waals surface area contributed by atoms with Crippen LogP contribution < -0.4 is 5.32 Å². The topological polar surface area (TPSA) is 12.0 Å². The van der Waals surface area contributed by atoms with Gasteiger partial charge in [0.05, 0.1) is 0 Å². The van der Waals surface area contributed by atoms with Crippen LogP contribution in [0.5, 0.6) is 0 Å². The van der Waals surface area contributed by atoms with E-state index in [4.69, 9.17) is 0 Å². The van der Waals surface area contributed by atoms with Crippen LogP contribution in [0.15, 0.2) is 12.7 Å². The Balaban J connectivity index is 2.21. The van der Waals surface area contributed by atoms with Crippen molar-refractivity contribution in [2.24, 2.45) is 11.3 Å². The summed E-state index contributed by atoms with van der Waals surface area (Å²) in [6.45, 7) is 7.46. The van der Waals surface area contributed by atoms with Crippen molar-refractivity contribution in [2.45, 2.75) is 25.8 Å². The molecule has 1 saturated heterocycles. The van der Waals surface area contributed by atoms with Crippen LogP contribution >= 0.6 is 0 Å². The standard InChI is InChI=1S/C9H15N/c1-3-9(2)5-8-4-7(9)6-10-8/h3,7-8,10H,1,4-6H2,2H3. The van der Waals surface area contributed by atoms with Crippen molar-refractivity contribution in [1.29, 1.82) is 0 Å². The summed E-state index contributed by atoms with van der Waals surface area (Å²) in [6, 6.07) is 0.799. The van der Waals surface area contributed by atoms with Crippen LogP contribution in [0.2, 0.25) is 0 Å². The molecule has 0 aromatic heterocycles. The number of hydrogen-bond donors (Lipinski definition) is 1. The molecule has 1 nitrogen and oxygen atoms in total. The van der Waals surface area contributed by atoms with Crippen LogP contribution in [0.4, 0.5) is 0 Å². The van der Waals surface area contributed by atoms with E-state index in [2.05, 4.69) is 24.9 Å². The van der Waals surface area contributed by atoms with Crippen molar-refractivity contribution in [3.8, 4) is 0 Å². The van der Waals surface area contributed by atoms with Gasteiger partial charge in [0.1, 0.15) is 0 Å². The van der Waals surface area contributed by atoms with Crippen molar-refractivity contribution in [1.82, 2.24) is 5.32 Å². The van der Waals surface area contributed by atoms with E-state index in [0.717, 1.165) is 12.0 Å². The lowest BCUT2D eigenvalue weighted by Gasteiger charge is -2.30. The lowest BCUT2D eigenvalue weighted by atomic mass is 9.79. The minimum Gasteiger partial charge on any atom is -0.314 e. The first-order valence-corrected chi connectivity index (χ1v) is 4.11. The first-order valence-electron chi connectivity index (χ1n) is 4.11. The second-order valence-corrected chi connectivity index (χ2v) is 3.95. The Labute approximate surface area is 62.5 Å². The van der Waals surface area contributed by atoms with Gasteiger partial charge in [-0.15, -0.1) is 6.58 Å². The van der Waals surface area contributed by atoms with Gasteiger partial charge in [-0.05, 0) is 30.7 Å². The third-order valence-electron chi connectivity index (χ3n) is 3.31. The summed E-state index contributed by atoms with van der Waals surface area (Å²) in [5.74, 6) is 0.870. The van der Waals surface area contributed by atoms with E-state index in [-0.39, 0.29) is 0 Å². The van der Waals surface area contributed by atoms with Crippen LogP contribution in [0.3, 0.4) is 0 Å². The van der Waals surface area contributed by atoms with Gasteiger partial charge >= 0.3 is 0 Å². The zero-order chi connectivity index (χ0) is 7.19. The summed E-state index contributed by atoms with van der Waals surface area (Å²) >= 11 is 0. The normalized spacial score (nSPS) is 51.7. The third-order valence-corrected chi connectivity index (χ3v) is 3.31. The molecular weight excluding hydrogens is 122 g/mol. The fourth-order valence-corrected chi connectivity index (χ4v) is 2.42. The van der Waals surface area contributed by atoms with Gasteiger partial charge in [-0.1, -0.05) is 13.0 Å². The fraction of sp³-hybridized carbons (Fsp3) is 0.778. The molecule has 0 radical (unpaired) electrons. The van der Waals surface area contributed by atoms with Gasteiger partial charge < -0.3 is 5.32 Å². The Hall–Kier alpha value is -0.300. The Morgan fingerprint density at radius 3 is 2.80 bits per heavy atom. The van der Waals surface area contributed by atoms with Crippen molar-refractivity contribution < 1.29 is 0 Å². The van der Waals surface area contributed by atoms with Gasteiger partial charge in [0.15, 0.2) is 0 Å². The highest BCUT2D eigenvalue weighted by molar-refractivity contribution is 5.09. The molecule has 0 spiro atoms. The quantitative estimate of drug-likeness (QED) is 0.541. The van der Waals surface area contributed by atoms with E-state index >= 15 is 0 Å². The molecule has 1 heteroatoms. The summed E-state index contributed by atoms with van der Waals surface area (Å²) in [5, 5.41) is 3.50. The van der Waals surface area contributed by atoms with E-state index in [1.807, 2.05) is 0 Å². The molecule has 1 heterocycles. The molecule has 0 aromatic rings. The lowest BCUT2D eigenvalue weighted by molar-refractivity contribution is 0.275. The van der Waals surface area contributed by atoms with Crippen molar-refractivity contribution in [3.63, 3.8) is 0 Å². The van der Waals surface area contributed by atoms with Gasteiger partial charge in [0, 0.05) is 6.04 Å². The summed E-state index contributed by atoms with van der Waals surface area (Å²) in [4.78, 5) is 0. The zero-order valence-corrected chi connectivity index (χ0v) is 6.56. The largest absolute Gasteiger partial charge is 0.314 e. The fourth-order valence-electron chi connectivity index (χ4n) is 2.42. The maximum atomic E-state index is 3.91. The zero-order valence-electron chi connectivity index (χ0n) is 6.56. The molecule has 3 unspecified atom stereocenters. The van der Waals surface area contributed by atoms with Gasteiger partial charge in [0.2, 0.25) is 0 Å². The predicted octanol–water partition coefficient (Wildman–Crippen LogP) is 1.56. The predicted molar refractivity (Wildman–Crippen MR) is 42.8 cm³/mol. The van der Waals surface area contributed by atoms with Crippen LogP contribution in [0, 0.1) is 11.3 Å². The molecule has 0 aromatic carbocycles. The molecule has 1 aliphatic carbocycles. The van der Waals surface area contributed by atoms with Crippen LogP contribution in [0.25, 0.3) is 0 Å². The second-order valence-electron chi connectivity index (χ2n) is 3.95. The van der Waals surface area contributed by atoms with Crippen LogP contribution in [0.1, 0.15) is 19.8 Å². The molecule has 2 fully saturated rings. The molecule has 2 bridgehead atoms. The van der Waals surface area contributed by atoms with E-state index in [9.17, 15) is 0 Å². The van der Waals surface area contributed by atoms with E-state index < -0.39 is 0 Å². The number of hydrogen-bond acceptors (Lipinski definition) is 1. The molecule has 1 saturated carbocycles. The highest BCUT2D eigenvalue weighted by Gasteiger charge is 2.45. The minimum atomic E-state index is 0.454. The molecular formula is C9H15N. The second kappa shape index (κ2) is 1.85. The Kier molecular flexibility index (Phi) is 1.19. The lowest BCUT2D eigenvalue weighted by Crippen LogP contribution is -2.34. The van der Waals surface area contributed by atoms with E-state index in [1.165, 1.54) is 19.4 Å². The minimum absolute atomic E-state index is 0.454. The first kappa shape index (κ1) is 6.41. The molecule has 3 atom stereocenters. The Morgan fingerprint density at radius 2 is 2.50 bits per heavy atom. The van der Waals surface area contributed by atoms with Gasteiger partial charge in [-0.2, -0.15) is 0 Å². The maximum Gasteiger partial charge on any atom is 0.00788 e. The van der Waals surface area contributed by atoms with E-state index in [0.29, 0.717) is 5.41 Å². The van der Waals surface area contributed by atoms with Gasteiger partial charge in [0.25, 0.3) is 0 Å². The SMILES string of the molecule is C=CC1(C)CC2CC1CN2. The molecule has 2 rings (SSSR count). The highest BCUT2D eigenvalue weighted by Crippen LogP contribution is 2.47. The number of piperidine rings is 1. The number of allylic oxidation sites excluding steroid dienone is 1. The Morgan fingerprint density at radius 1 is 1.70 bits per heavy atom. The third kappa shape index (κ3) is 0.671. The summed E-state index contributed by atoms with van der Waals surface area (Å²) in [5.41, 5.74) is 0.454. The van der Waals surface area contributed by atoms with E-state index in [1.54, 1.807) is 0 Å². The van der Waals surface area contributed by atoms with Crippen LogP contribution in [-0.2, 0) is 0 Å². The van der Waals surface area contributed by atoms with Crippen LogP contribution in [-0.4, -0.2) is 12.6 Å². The molecule has 2 aliphatic rings. The average Bonchev–Trinajstić information content (AvgIpc) is 2.46. The van der Waals surface area contributed by atoms with Crippen molar-refractivity contribution in [2.75, 3.05) is 6.54 Å². The first-order chi connectivity index (χ1) is 4.74. The van der Waals surface area contributed by atoms with Crippen molar-refractivity contribution in [3.05, 3.63) is 12.7 Å². The molecule has 0 amide bonds. The summed E-state index contributed by atoms with van der Waals surface area (Å²) < 4.78 is 0. The smallest absolute Gasteiger partial charge is 0.00788 e. The molecule has 10 heavy (non-hydrogen) atoms. The number of rotatable bonds is 1. The maximum absolute atomic E-state index is 3.91. The monoisotopic (exact) mass is 137 g/mol. The number of fused-ring (bicyclic) bond motifs is 2. The molecule has 56 valence electrons. The number of nitrogens with one attached hydrogen (secondary N) is 1. The average molecular weight is 137 g/mol. The van der Waals surface area contributed by atoms with Crippen molar-refractivity contribution >= 4 is 0 Å². The molecule has 1 aliphatic heterocycles. The van der Waals surface area contributed by atoms with Gasteiger partial charge in [-0.3, -0.25) is 0 Å². The summed E-state index contributed by atoms with van der Waals surface area (Å²) in [7, 11) is 0. The summed E-state index contributed by atoms with van der Waals surface area (Å²) in [6.07, 6.45) is 4.84. The highest BCUT2D eigenvalue weighted by atomic mass is 15.0.